The van der Waals surface area contributed by atoms with E-state index in [1.807, 2.05) is 24.3 Å². The first-order chi connectivity index (χ1) is 13.5. The quantitative estimate of drug-likeness (QED) is 0.654. The summed E-state index contributed by atoms with van der Waals surface area (Å²) < 4.78 is 49.8. The maximum Gasteiger partial charge on any atom is 0.416 e. The van der Waals surface area contributed by atoms with Crippen molar-refractivity contribution in [3.63, 3.8) is 0 Å². The van der Waals surface area contributed by atoms with Crippen LogP contribution in [0.25, 0.3) is 0 Å². The lowest BCUT2D eigenvalue weighted by atomic mass is 9.98. The third-order valence-corrected chi connectivity index (χ3v) is 4.54. The van der Waals surface area contributed by atoms with Gasteiger partial charge in [0.25, 0.3) is 0 Å². The standard InChI is InChI=1S/C22H24F3NO3/c1-21(2,3)29-20(27)26-13-12-16-6-4-5-7-18(16)19(26)28-14-15-8-10-17(11-9-15)22(23,24)25/h4-11,19H,12-14H2,1-3H3. The van der Waals surface area contributed by atoms with Crippen LogP contribution in [0.2, 0.25) is 0 Å². The fourth-order valence-corrected chi connectivity index (χ4v) is 3.18. The van der Waals surface area contributed by atoms with E-state index in [0.717, 1.165) is 23.3 Å². The number of halogens is 3. The van der Waals surface area contributed by atoms with Gasteiger partial charge in [0.15, 0.2) is 6.23 Å². The van der Waals surface area contributed by atoms with Crippen LogP contribution in [0, 0.1) is 0 Å². The summed E-state index contributed by atoms with van der Waals surface area (Å²) >= 11 is 0. The maximum atomic E-state index is 12.7. The number of rotatable bonds is 3. The first kappa shape index (κ1) is 21.2. The highest BCUT2D eigenvalue weighted by Crippen LogP contribution is 2.33. The summed E-state index contributed by atoms with van der Waals surface area (Å²) in [6.45, 7) is 5.88. The first-order valence-corrected chi connectivity index (χ1v) is 9.40. The van der Waals surface area contributed by atoms with Crippen LogP contribution in [-0.2, 0) is 28.7 Å². The van der Waals surface area contributed by atoms with Crippen LogP contribution >= 0.6 is 0 Å². The topological polar surface area (TPSA) is 38.8 Å². The second-order valence-corrected chi connectivity index (χ2v) is 7.98. The maximum absolute atomic E-state index is 12.7. The van der Waals surface area contributed by atoms with Crippen molar-refractivity contribution in [3.8, 4) is 0 Å². The molecular formula is C22H24F3NO3. The summed E-state index contributed by atoms with van der Waals surface area (Å²) in [4.78, 5) is 14.2. The summed E-state index contributed by atoms with van der Waals surface area (Å²) in [5, 5.41) is 0. The molecule has 1 heterocycles. The van der Waals surface area contributed by atoms with Crippen LogP contribution in [0.3, 0.4) is 0 Å². The Labute approximate surface area is 168 Å². The van der Waals surface area contributed by atoms with Crippen molar-refractivity contribution in [1.29, 1.82) is 0 Å². The molecule has 1 aliphatic heterocycles. The summed E-state index contributed by atoms with van der Waals surface area (Å²) in [6, 6.07) is 12.5. The molecule has 2 aromatic rings. The molecule has 0 N–H and O–H groups in total. The van der Waals surface area contributed by atoms with Crippen molar-refractivity contribution in [2.75, 3.05) is 6.54 Å². The highest BCUT2D eigenvalue weighted by atomic mass is 19.4. The molecule has 0 radical (unpaired) electrons. The van der Waals surface area contributed by atoms with Gasteiger partial charge in [0.2, 0.25) is 0 Å². The van der Waals surface area contributed by atoms with E-state index in [4.69, 9.17) is 9.47 Å². The van der Waals surface area contributed by atoms with Gasteiger partial charge in [-0.15, -0.1) is 0 Å². The number of ether oxygens (including phenoxy) is 2. The van der Waals surface area contributed by atoms with E-state index < -0.39 is 29.7 Å². The number of hydrogen-bond donors (Lipinski definition) is 0. The molecule has 4 nitrogen and oxygen atoms in total. The number of alkyl halides is 3. The average molecular weight is 407 g/mol. The van der Waals surface area contributed by atoms with Gasteiger partial charge in [-0.3, -0.25) is 4.90 Å². The van der Waals surface area contributed by atoms with Gasteiger partial charge in [0.1, 0.15) is 5.60 Å². The predicted octanol–water partition coefficient (Wildman–Crippen LogP) is 5.71. The van der Waals surface area contributed by atoms with Gasteiger partial charge in [-0.25, -0.2) is 4.79 Å². The molecule has 1 atom stereocenters. The minimum absolute atomic E-state index is 0.0659. The minimum atomic E-state index is -4.38. The molecule has 1 aliphatic rings. The Bertz CT molecular complexity index is 857. The van der Waals surface area contributed by atoms with Gasteiger partial charge in [-0.05, 0) is 50.5 Å². The van der Waals surface area contributed by atoms with Crippen molar-refractivity contribution >= 4 is 6.09 Å². The van der Waals surface area contributed by atoms with E-state index in [-0.39, 0.29) is 6.61 Å². The molecule has 0 aliphatic carbocycles. The number of carbonyl (C=O) groups excluding carboxylic acids is 1. The number of hydrogen-bond acceptors (Lipinski definition) is 3. The summed E-state index contributed by atoms with van der Waals surface area (Å²) in [6.07, 6.45) is -4.85. The van der Waals surface area contributed by atoms with Gasteiger partial charge in [-0.2, -0.15) is 13.2 Å². The number of nitrogens with zero attached hydrogens (tertiary/aromatic N) is 1. The van der Waals surface area contributed by atoms with E-state index in [2.05, 4.69) is 0 Å². The first-order valence-electron chi connectivity index (χ1n) is 9.40. The van der Waals surface area contributed by atoms with Crippen LogP contribution in [-0.4, -0.2) is 23.1 Å². The Morgan fingerprint density at radius 2 is 1.72 bits per heavy atom. The van der Waals surface area contributed by atoms with E-state index in [1.165, 1.54) is 17.0 Å². The van der Waals surface area contributed by atoms with Crippen LogP contribution in [0.15, 0.2) is 48.5 Å². The third-order valence-electron chi connectivity index (χ3n) is 4.54. The Kier molecular flexibility index (Phi) is 5.89. The summed E-state index contributed by atoms with van der Waals surface area (Å²) in [5.41, 5.74) is 1.16. The zero-order chi connectivity index (χ0) is 21.2. The Morgan fingerprint density at radius 3 is 2.34 bits per heavy atom. The van der Waals surface area contributed by atoms with Gasteiger partial charge < -0.3 is 9.47 Å². The van der Waals surface area contributed by atoms with Crippen molar-refractivity contribution in [1.82, 2.24) is 4.90 Å². The monoisotopic (exact) mass is 407 g/mol. The lowest BCUT2D eigenvalue weighted by Gasteiger charge is -2.37. The molecule has 0 bridgehead atoms. The minimum Gasteiger partial charge on any atom is -0.444 e. The molecule has 1 unspecified atom stereocenters. The molecule has 0 fully saturated rings. The fraction of sp³-hybridized carbons (Fsp3) is 0.409. The Hall–Kier alpha value is -2.54. The van der Waals surface area contributed by atoms with Gasteiger partial charge in [0.05, 0.1) is 12.2 Å². The SMILES string of the molecule is CC(C)(C)OC(=O)N1CCc2ccccc2C1OCc1ccc(C(F)(F)F)cc1. The van der Waals surface area contributed by atoms with Crippen molar-refractivity contribution in [3.05, 3.63) is 70.8 Å². The van der Waals surface area contributed by atoms with E-state index in [9.17, 15) is 18.0 Å². The highest BCUT2D eigenvalue weighted by molar-refractivity contribution is 5.69. The smallest absolute Gasteiger partial charge is 0.416 e. The van der Waals surface area contributed by atoms with Gasteiger partial charge in [0, 0.05) is 12.1 Å². The Morgan fingerprint density at radius 1 is 1.07 bits per heavy atom. The van der Waals surface area contributed by atoms with Crippen LogP contribution in [0.5, 0.6) is 0 Å². The third kappa shape index (κ3) is 5.29. The lowest BCUT2D eigenvalue weighted by molar-refractivity contribution is -0.137. The van der Waals surface area contributed by atoms with Crippen LogP contribution < -0.4 is 0 Å². The molecule has 1 amide bonds. The Balaban J connectivity index is 1.79. The molecule has 0 saturated carbocycles. The molecule has 29 heavy (non-hydrogen) atoms. The number of fused-ring (bicyclic) bond motifs is 1. The molecule has 0 spiro atoms. The lowest BCUT2D eigenvalue weighted by Crippen LogP contribution is -2.43. The van der Waals surface area contributed by atoms with Gasteiger partial charge >= 0.3 is 12.3 Å². The zero-order valence-corrected chi connectivity index (χ0v) is 16.6. The molecule has 2 aromatic carbocycles. The average Bonchev–Trinajstić information content (AvgIpc) is 2.64. The van der Waals surface area contributed by atoms with Crippen molar-refractivity contribution in [2.45, 2.75) is 51.8 Å². The molecule has 156 valence electrons. The normalized spacial score (nSPS) is 17.0. The van der Waals surface area contributed by atoms with E-state index in [1.54, 1.807) is 20.8 Å². The van der Waals surface area contributed by atoms with Crippen LogP contribution in [0.1, 0.15) is 49.3 Å². The number of carbonyl (C=O) groups is 1. The van der Waals surface area contributed by atoms with Crippen molar-refractivity contribution in [2.24, 2.45) is 0 Å². The van der Waals surface area contributed by atoms with Gasteiger partial charge in [-0.1, -0.05) is 36.4 Å². The highest BCUT2D eigenvalue weighted by Gasteiger charge is 2.34. The zero-order valence-electron chi connectivity index (χ0n) is 16.6. The molecule has 0 aromatic heterocycles. The van der Waals surface area contributed by atoms with E-state index in [0.29, 0.717) is 18.5 Å². The predicted molar refractivity (Wildman–Crippen MR) is 102 cm³/mol. The molecule has 7 heteroatoms. The summed E-state index contributed by atoms with van der Waals surface area (Å²) in [7, 11) is 0. The fourth-order valence-electron chi connectivity index (χ4n) is 3.18. The molecular weight excluding hydrogens is 383 g/mol. The second kappa shape index (κ2) is 8.06. The second-order valence-electron chi connectivity index (χ2n) is 7.98. The van der Waals surface area contributed by atoms with Crippen LogP contribution in [0.4, 0.5) is 18.0 Å². The number of benzene rings is 2. The molecule has 0 saturated heterocycles. The van der Waals surface area contributed by atoms with E-state index >= 15 is 0 Å². The summed E-state index contributed by atoms with van der Waals surface area (Å²) in [5.74, 6) is 0. The van der Waals surface area contributed by atoms with Crippen molar-refractivity contribution < 1.29 is 27.4 Å². The number of amides is 1. The largest absolute Gasteiger partial charge is 0.444 e. The molecule has 3 rings (SSSR count).